The molecule has 31 heavy (non-hydrogen) atoms. The molecule has 0 aromatic heterocycles. The monoisotopic (exact) mass is 444 g/mol. The quantitative estimate of drug-likeness (QED) is 0.643. The summed E-state index contributed by atoms with van der Waals surface area (Å²) in [4.78, 5) is 15.3. The van der Waals surface area contributed by atoms with Gasteiger partial charge in [0, 0.05) is 31.2 Å². The molecule has 0 saturated carbocycles. The van der Waals surface area contributed by atoms with Crippen molar-refractivity contribution in [3.05, 3.63) is 53.6 Å². The van der Waals surface area contributed by atoms with Gasteiger partial charge in [0.2, 0.25) is 15.9 Å². The van der Waals surface area contributed by atoms with Crippen LogP contribution in [0.4, 0.5) is 5.69 Å². The number of rotatable bonds is 7. The third-order valence-corrected chi connectivity index (χ3v) is 7.71. The first-order valence-electron chi connectivity index (χ1n) is 10.9. The van der Waals surface area contributed by atoms with Crippen molar-refractivity contribution in [1.29, 1.82) is 0 Å². The van der Waals surface area contributed by atoms with Crippen molar-refractivity contribution in [2.75, 3.05) is 31.1 Å². The van der Waals surface area contributed by atoms with Crippen LogP contribution in [-0.2, 0) is 14.8 Å². The van der Waals surface area contributed by atoms with Gasteiger partial charge >= 0.3 is 0 Å². The van der Waals surface area contributed by atoms with Crippen molar-refractivity contribution in [3.63, 3.8) is 0 Å². The van der Waals surface area contributed by atoms with Crippen LogP contribution in [0.5, 0.6) is 5.75 Å². The number of aryl methyl sites for hydroxylation is 2. The van der Waals surface area contributed by atoms with Crippen molar-refractivity contribution in [2.24, 2.45) is 5.92 Å². The zero-order valence-corrected chi connectivity index (χ0v) is 19.6. The van der Waals surface area contributed by atoms with Gasteiger partial charge in [-0.25, -0.2) is 8.42 Å². The highest BCUT2D eigenvalue weighted by Crippen LogP contribution is 2.29. The van der Waals surface area contributed by atoms with Gasteiger partial charge < -0.3 is 9.64 Å². The highest BCUT2D eigenvalue weighted by molar-refractivity contribution is 7.89. The minimum Gasteiger partial charge on any atom is -0.494 e. The van der Waals surface area contributed by atoms with Crippen LogP contribution in [0.2, 0.25) is 0 Å². The molecular formula is C24H32N2O4S. The number of hydrogen-bond donors (Lipinski definition) is 0. The third kappa shape index (κ3) is 5.10. The van der Waals surface area contributed by atoms with Crippen molar-refractivity contribution >= 4 is 21.6 Å². The number of ether oxygens (including phenoxy) is 1. The van der Waals surface area contributed by atoms with E-state index in [1.54, 1.807) is 24.3 Å². The molecular weight excluding hydrogens is 412 g/mol. The molecule has 1 aliphatic heterocycles. The second kappa shape index (κ2) is 9.83. The summed E-state index contributed by atoms with van der Waals surface area (Å²) in [6, 6.07) is 12.6. The Morgan fingerprint density at radius 3 is 2.26 bits per heavy atom. The largest absolute Gasteiger partial charge is 0.494 e. The molecule has 0 atom stereocenters. The van der Waals surface area contributed by atoms with Gasteiger partial charge in [-0.3, -0.25) is 4.79 Å². The van der Waals surface area contributed by atoms with Gasteiger partial charge in [0.1, 0.15) is 5.75 Å². The molecule has 0 unspecified atom stereocenters. The minimum atomic E-state index is -3.58. The Morgan fingerprint density at radius 1 is 1.06 bits per heavy atom. The van der Waals surface area contributed by atoms with Crippen molar-refractivity contribution in [3.8, 4) is 5.75 Å². The predicted octanol–water partition coefficient (Wildman–Crippen LogP) is 4.16. The lowest BCUT2D eigenvalue weighted by Crippen LogP contribution is -2.44. The number of sulfonamides is 1. The predicted molar refractivity (Wildman–Crippen MR) is 123 cm³/mol. The third-order valence-electron chi connectivity index (χ3n) is 5.80. The molecule has 0 bridgehead atoms. The molecule has 1 fully saturated rings. The van der Waals surface area contributed by atoms with E-state index in [-0.39, 0.29) is 16.7 Å². The highest BCUT2D eigenvalue weighted by Gasteiger charge is 2.34. The van der Waals surface area contributed by atoms with E-state index in [2.05, 4.69) is 6.07 Å². The summed E-state index contributed by atoms with van der Waals surface area (Å²) in [6.07, 6.45) is 1.05. The van der Waals surface area contributed by atoms with Gasteiger partial charge in [-0.2, -0.15) is 4.31 Å². The first kappa shape index (κ1) is 23.3. The number of piperidine rings is 1. The number of benzene rings is 2. The van der Waals surface area contributed by atoms with E-state index >= 15 is 0 Å². The molecule has 0 radical (unpaired) electrons. The maximum absolute atomic E-state index is 13.2. The molecule has 1 amide bonds. The van der Waals surface area contributed by atoms with Gasteiger partial charge in [-0.1, -0.05) is 17.7 Å². The molecule has 0 aliphatic carbocycles. The standard InChI is InChI=1S/C24H32N2O4S/c1-5-26(23-12-7-18(3)17-19(23)4)24(27)20-13-15-25(16-14-20)31(28,29)22-10-8-21(9-11-22)30-6-2/h7-12,17,20H,5-6,13-16H2,1-4H3. The fourth-order valence-corrected chi connectivity index (χ4v) is 5.61. The number of carbonyl (C=O) groups is 1. The van der Waals surface area contributed by atoms with E-state index in [1.165, 1.54) is 4.31 Å². The Morgan fingerprint density at radius 2 is 1.71 bits per heavy atom. The van der Waals surface area contributed by atoms with Crippen LogP contribution in [-0.4, -0.2) is 44.9 Å². The van der Waals surface area contributed by atoms with E-state index in [1.807, 2.05) is 44.7 Å². The number of anilines is 1. The van der Waals surface area contributed by atoms with Crippen LogP contribution >= 0.6 is 0 Å². The lowest BCUT2D eigenvalue weighted by atomic mass is 9.96. The molecule has 0 N–H and O–H groups in total. The molecule has 6 nitrogen and oxygen atoms in total. The first-order valence-corrected chi connectivity index (χ1v) is 12.3. The summed E-state index contributed by atoms with van der Waals surface area (Å²) in [6.45, 7) is 9.73. The molecule has 2 aromatic rings. The maximum Gasteiger partial charge on any atom is 0.243 e. The van der Waals surface area contributed by atoms with Gasteiger partial charge in [0.15, 0.2) is 0 Å². The Labute approximate surface area is 185 Å². The van der Waals surface area contributed by atoms with Crippen molar-refractivity contribution in [2.45, 2.75) is 45.4 Å². The van der Waals surface area contributed by atoms with E-state index in [9.17, 15) is 13.2 Å². The molecule has 3 rings (SSSR count). The van der Waals surface area contributed by atoms with Crippen LogP contribution in [0.3, 0.4) is 0 Å². The van der Waals surface area contributed by atoms with E-state index in [4.69, 9.17) is 4.74 Å². The zero-order valence-electron chi connectivity index (χ0n) is 18.8. The fourth-order valence-electron chi connectivity index (χ4n) is 4.14. The maximum atomic E-state index is 13.2. The van der Waals surface area contributed by atoms with Crippen molar-refractivity contribution in [1.82, 2.24) is 4.31 Å². The molecule has 1 saturated heterocycles. The van der Waals surface area contributed by atoms with E-state index in [0.717, 1.165) is 16.8 Å². The topological polar surface area (TPSA) is 66.9 Å². The lowest BCUT2D eigenvalue weighted by Gasteiger charge is -2.34. The molecule has 7 heteroatoms. The molecule has 1 heterocycles. The first-order chi connectivity index (χ1) is 14.8. The van der Waals surface area contributed by atoms with Crippen LogP contribution < -0.4 is 9.64 Å². The fraction of sp³-hybridized carbons (Fsp3) is 0.458. The Hall–Kier alpha value is -2.38. The number of hydrogen-bond acceptors (Lipinski definition) is 4. The SMILES string of the molecule is CCOc1ccc(S(=O)(=O)N2CCC(C(=O)N(CC)c3ccc(C)cc3C)CC2)cc1. The van der Waals surface area contributed by atoms with Crippen LogP contribution in [0.1, 0.15) is 37.8 Å². The summed E-state index contributed by atoms with van der Waals surface area (Å²) in [7, 11) is -3.58. The molecule has 1 aliphatic rings. The van der Waals surface area contributed by atoms with Crippen molar-refractivity contribution < 1.29 is 17.9 Å². The lowest BCUT2D eigenvalue weighted by molar-refractivity contribution is -0.123. The number of carbonyl (C=O) groups excluding carboxylic acids is 1. The molecule has 2 aromatic carbocycles. The van der Waals surface area contributed by atoms with Gasteiger partial charge in [-0.05, 0) is 76.4 Å². The normalized spacial score (nSPS) is 15.6. The molecule has 168 valence electrons. The summed E-state index contributed by atoms with van der Waals surface area (Å²) >= 11 is 0. The summed E-state index contributed by atoms with van der Waals surface area (Å²) in [5.41, 5.74) is 3.17. The smallest absolute Gasteiger partial charge is 0.243 e. The summed E-state index contributed by atoms with van der Waals surface area (Å²) < 4.78 is 32.9. The summed E-state index contributed by atoms with van der Waals surface area (Å²) in [5, 5.41) is 0. The number of amides is 1. The second-order valence-electron chi connectivity index (χ2n) is 7.96. The average Bonchev–Trinajstić information content (AvgIpc) is 2.76. The zero-order chi connectivity index (χ0) is 22.6. The average molecular weight is 445 g/mol. The van der Waals surface area contributed by atoms with Crippen LogP contribution in [0.25, 0.3) is 0 Å². The van der Waals surface area contributed by atoms with Gasteiger partial charge in [0.05, 0.1) is 11.5 Å². The summed E-state index contributed by atoms with van der Waals surface area (Å²) in [5.74, 6) is 0.553. The number of nitrogens with zero attached hydrogens (tertiary/aromatic N) is 2. The van der Waals surface area contributed by atoms with Crippen LogP contribution in [0, 0.1) is 19.8 Å². The Bertz CT molecular complexity index is 1010. The van der Waals surface area contributed by atoms with Gasteiger partial charge in [0.25, 0.3) is 0 Å². The Balaban J connectivity index is 1.68. The Kier molecular flexibility index (Phi) is 7.38. The van der Waals surface area contributed by atoms with E-state index < -0.39 is 10.0 Å². The van der Waals surface area contributed by atoms with Gasteiger partial charge in [-0.15, -0.1) is 0 Å². The minimum absolute atomic E-state index is 0.0765. The second-order valence-corrected chi connectivity index (χ2v) is 9.89. The highest BCUT2D eigenvalue weighted by atomic mass is 32.2. The van der Waals surface area contributed by atoms with Crippen LogP contribution in [0.15, 0.2) is 47.4 Å². The molecule has 0 spiro atoms. The van der Waals surface area contributed by atoms with E-state index in [0.29, 0.717) is 44.8 Å².